The Labute approximate surface area is 102 Å². The van der Waals surface area contributed by atoms with Gasteiger partial charge < -0.3 is 5.11 Å². The lowest BCUT2D eigenvalue weighted by Gasteiger charge is -2.31. The van der Waals surface area contributed by atoms with Crippen LogP contribution in [-0.4, -0.2) is 10.4 Å². The van der Waals surface area contributed by atoms with E-state index < -0.39 is 0 Å². The van der Waals surface area contributed by atoms with Crippen LogP contribution in [0.3, 0.4) is 0 Å². The van der Waals surface area contributed by atoms with Crippen LogP contribution < -0.4 is 0 Å². The monoisotopic (exact) mass is 236 g/mol. The van der Waals surface area contributed by atoms with Crippen LogP contribution in [0.4, 0.5) is 0 Å². The Balaban J connectivity index is 1.98. The summed E-state index contributed by atoms with van der Waals surface area (Å²) >= 11 is 1.93. The topological polar surface area (TPSA) is 20.2 Å². The maximum atomic E-state index is 9.43. The van der Waals surface area contributed by atoms with Gasteiger partial charge in [-0.2, -0.15) is 0 Å². The molecule has 0 aliphatic heterocycles. The molecule has 1 aliphatic rings. The van der Waals surface area contributed by atoms with Crippen LogP contribution in [0.1, 0.15) is 33.1 Å². The largest absolute Gasteiger partial charge is 0.508 e. The first-order valence-electron chi connectivity index (χ1n) is 6.09. The van der Waals surface area contributed by atoms with Crippen molar-refractivity contribution in [2.45, 2.75) is 43.3 Å². The molecule has 0 radical (unpaired) electrons. The van der Waals surface area contributed by atoms with Crippen LogP contribution in [0.25, 0.3) is 0 Å². The number of phenols is 1. The Morgan fingerprint density at radius 2 is 1.81 bits per heavy atom. The van der Waals surface area contributed by atoms with Crippen molar-refractivity contribution in [1.82, 2.24) is 0 Å². The number of aromatic hydroxyl groups is 1. The average molecular weight is 236 g/mol. The van der Waals surface area contributed by atoms with Crippen molar-refractivity contribution in [3.8, 4) is 5.75 Å². The summed E-state index contributed by atoms with van der Waals surface area (Å²) in [6.07, 6.45) is 3.99. The summed E-state index contributed by atoms with van der Waals surface area (Å²) in [7, 11) is 0. The van der Waals surface area contributed by atoms with Crippen LogP contribution in [0.2, 0.25) is 0 Å². The summed E-state index contributed by atoms with van der Waals surface area (Å²) in [6.45, 7) is 4.71. The van der Waals surface area contributed by atoms with Gasteiger partial charge >= 0.3 is 0 Å². The molecule has 0 amide bonds. The van der Waals surface area contributed by atoms with Crippen molar-refractivity contribution in [2.24, 2.45) is 11.8 Å². The van der Waals surface area contributed by atoms with Gasteiger partial charge in [0.15, 0.2) is 0 Å². The Hall–Kier alpha value is -0.630. The average Bonchev–Trinajstić information content (AvgIpc) is 2.15. The van der Waals surface area contributed by atoms with Crippen LogP contribution in [0.15, 0.2) is 29.2 Å². The molecule has 1 N–H and O–H groups in total. The fraction of sp³-hybridized carbons (Fsp3) is 0.571. The van der Waals surface area contributed by atoms with Crippen molar-refractivity contribution < 1.29 is 5.11 Å². The van der Waals surface area contributed by atoms with Crippen molar-refractivity contribution in [3.05, 3.63) is 24.3 Å². The molecule has 0 aromatic heterocycles. The minimum atomic E-state index is 0.377. The van der Waals surface area contributed by atoms with Crippen LogP contribution >= 0.6 is 11.8 Å². The number of phenolic OH excluding ortho intramolecular Hbond substituents is 1. The molecule has 1 nitrogen and oxygen atoms in total. The fourth-order valence-electron chi connectivity index (χ4n) is 2.72. The second-order valence-corrected chi connectivity index (χ2v) is 6.53. The molecular weight excluding hydrogens is 216 g/mol. The normalized spacial score (nSPS) is 30.2. The zero-order valence-corrected chi connectivity index (χ0v) is 10.8. The van der Waals surface area contributed by atoms with Crippen molar-refractivity contribution in [2.75, 3.05) is 0 Å². The summed E-state index contributed by atoms with van der Waals surface area (Å²) < 4.78 is 0. The molecule has 0 spiro atoms. The third-order valence-electron chi connectivity index (χ3n) is 3.26. The van der Waals surface area contributed by atoms with E-state index in [1.54, 1.807) is 6.07 Å². The molecule has 1 saturated carbocycles. The summed E-state index contributed by atoms with van der Waals surface area (Å²) in [5.74, 6) is 2.07. The molecule has 0 heterocycles. The van der Waals surface area contributed by atoms with E-state index in [0.717, 1.165) is 17.1 Å². The SMILES string of the molecule is CC1CC(C)CC(Sc2cccc(O)c2)C1. The van der Waals surface area contributed by atoms with Crippen molar-refractivity contribution >= 4 is 11.8 Å². The number of hydrogen-bond donors (Lipinski definition) is 1. The number of benzene rings is 1. The van der Waals surface area contributed by atoms with E-state index in [9.17, 15) is 5.11 Å². The zero-order valence-electron chi connectivity index (χ0n) is 10.0. The molecule has 0 bridgehead atoms. The van der Waals surface area contributed by atoms with Gasteiger partial charge in [-0.15, -0.1) is 11.8 Å². The first-order chi connectivity index (χ1) is 7.63. The molecule has 2 heteroatoms. The highest BCUT2D eigenvalue weighted by Crippen LogP contribution is 2.39. The van der Waals surface area contributed by atoms with Crippen molar-refractivity contribution in [1.29, 1.82) is 0 Å². The first kappa shape index (κ1) is 11.8. The van der Waals surface area contributed by atoms with Gasteiger partial charge in [-0.1, -0.05) is 19.9 Å². The molecule has 1 aromatic rings. The maximum absolute atomic E-state index is 9.43. The highest BCUT2D eigenvalue weighted by Gasteiger charge is 2.24. The van der Waals surface area contributed by atoms with E-state index in [1.807, 2.05) is 23.9 Å². The molecule has 2 unspecified atom stereocenters. The Kier molecular flexibility index (Phi) is 3.80. The van der Waals surface area contributed by atoms with Gasteiger partial charge in [-0.05, 0) is 49.3 Å². The number of thioether (sulfide) groups is 1. The minimum absolute atomic E-state index is 0.377. The third kappa shape index (κ3) is 3.18. The molecule has 1 aliphatic carbocycles. The maximum Gasteiger partial charge on any atom is 0.116 e. The lowest BCUT2D eigenvalue weighted by molar-refractivity contribution is 0.309. The molecule has 0 saturated heterocycles. The van der Waals surface area contributed by atoms with E-state index >= 15 is 0 Å². The second-order valence-electron chi connectivity index (χ2n) is 5.15. The van der Waals surface area contributed by atoms with Crippen LogP contribution in [0.5, 0.6) is 5.75 Å². The summed E-state index contributed by atoms with van der Waals surface area (Å²) in [5.41, 5.74) is 0. The van der Waals surface area contributed by atoms with Crippen LogP contribution in [-0.2, 0) is 0 Å². The molecule has 88 valence electrons. The van der Waals surface area contributed by atoms with Crippen LogP contribution in [0, 0.1) is 11.8 Å². The van der Waals surface area contributed by atoms with Gasteiger partial charge in [0.25, 0.3) is 0 Å². The summed E-state index contributed by atoms with van der Waals surface area (Å²) in [4.78, 5) is 1.20. The van der Waals surface area contributed by atoms with E-state index in [0.29, 0.717) is 5.75 Å². The molecular formula is C14H20OS. The van der Waals surface area contributed by atoms with Gasteiger partial charge in [0.05, 0.1) is 0 Å². The molecule has 2 rings (SSSR count). The fourth-order valence-corrected chi connectivity index (χ4v) is 4.30. The van der Waals surface area contributed by atoms with Gasteiger partial charge in [-0.25, -0.2) is 0 Å². The molecule has 2 atom stereocenters. The smallest absolute Gasteiger partial charge is 0.116 e. The number of rotatable bonds is 2. The predicted octanol–water partition coefficient (Wildman–Crippen LogP) is 4.31. The molecule has 16 heavy (non-hydrogen) atoms. The standard InChI is InChI=1S/C14H20OS/c1-10-6-11(2)8-14(7-10)16-13-5-3-4-12(15)9-13/h3-5,9-11,14-15H,6-8H2,1-2H3. The lowest BCUT2D eigenvalue weighted by Crippen LogP contribution is -2.21. The number of hydrogen-bond acceptors (Lipinski definition) is 2. The Bertz CT molecular complexity index is 340. The third-order valence-corrected chi connectivity index (χ3v) is 4.50. The van der Waals surface area contributed by atoms with E-state index in [1.165, 1.54) is 24.2 Å². The highest BCUT2D eigenvalue weighted by atomic mass is 32.2. The van der Waals surface area contributed by atoms with E-state index in [2.05, 4.69) is 19.9 Å². The molecule has 1 fully saturated rings. The minimum Gasteiger partial charge on any atom is -0.508 e. The van der Waals surface area contributed by atoms with Gasteiger partial charge in [0.1, 0.15) is 5.75 Å². The quantitative estimate of drug-likeness (QED) is 0.825. The zero-order chi connectivity index (χ0) is 11.5. The van der Waals surface area contributed by atoms with Gasteiger partial charge in [0.2, 0.25) is 0 Å². The lowest BCUT2D eigenvalue weighted by atomic mass is 9.83. The molecule has 1 aromatic carbocycles. The van der Waals surface area contributed by atoms with Gasteiger partial charge in [0, 0.05) is 10.1 Å². The highest BCUT2D eigenvalue weighted by molar-refractivity contribution is 8.00. The first-order valence-corrected chi connectivity index (χ1v) is 6.97. The van der Waals surface area contributed by atoms with Crippen molar-refractivity contribution in [3.63, 3.8) is 0 Å². The van der Waals surface area contributed by atoms with E-state index in [4.69, 9.17) is 0 Å². The Morgan fingerprint density at radius 3 is 2.44 bits per heavy atom. The summed E-state index contributed by atoms with van der Waals surface area (Å²) in [6, 6.07) is 7.62. The van der Waals surface area contributed by atoms with E-state index in [-0.39, 0.29) is 0 Å². The second kappa shape index (κ2) is 5.13. The van der Waals surface area contributed by atoms with Gasteiger partial charge in [-0.3, -0.25) is 0 Å². The summed E-state index contributed by atoms with van der Waals surface area (Å²) in [5, 5.41) is 10.2. The Morgan fingerprint density at radius 1 is 1.12 bits per heavy atom. The predicted molar refractivity (Wildman–Crippen MR) is 69.9 cm³/mol.